The summed E-state index contributed by atoms with van der Waals surface area (Å²) < 4.78 is 0. The zero-order valence-corrected chi connectivity index (χ0v) is 11.9. The Kier molecular flexibility index (Phi) is 4.83. The number of amides is 1. The van der Waals surface area contributed by atoms with Crippen molar-refractivity contribution in [3.05, 3.63) is 34.9 Å². The fourth-order valence-corrected chi connectivity index (χ4v) is 2.86. The minimum Gasteiger partial charge on any atom is -0.391 e. The van der Waals surface area contributed by atoms with Crippen LogP contribution in [0.5, 0.6) is 0 Å². The zero-order chi connectivity index (χ0) is 13.8. The van der Waals surface area contributed by atoms with Gasteiger partial charge in [-0.25, -0.2) is 0 Å². The number of aliphatic hydroxyl groups excluding tert-OH is 1. The fourth-order valence-electron chi connectivity index (χ4n) is 2.66. The maximum absolute atomic E-state index is 12.3. The third-order valence-corrected chi connectivity index (χ3v) is 4.25. The van der Waals surface area contributed by atoms with Crippen molar-refractivity contribution in [1.29, 1.82) is 0 Å². The SMILES string of the molecule is CN(C(=O)Cc1ccccc1Cl)C1CCCCC1O. The van der Waals surface area contributed by atoms with Crippen LogP contribution in [0.3, 0.4) is 0 Å². The van der Waals surface area contributed by atoms with Crippen LogP contribution in [0, 0.1) is 0 Å². The van der Waals surface area contributed by atoms with Gasteiger partial charge in [-0.05, 0) is 24.5 Å². The lowest BCUT2D eigenvalue weighted by Gasteiger charge is -2.35. The zero-order valence-electron chi connectivity index (χ0n) is 11.2. The number of rotatable bonds is 3. The number of carbonyl (C=O) groups excluding carboxylic acids is 1. The summed E-state index contributed by atoms with van der Waals surface area (Å²) in [5.74, 6) is 0.0130. The molecule has 1 fully saturated rings. The van der Waals surface area contributed by atoms with E-state index in [0.717, 1.165) is 31.2 Å². The molecule has 4 heteroatoms. The van der Waals surface area contributed by atoms with Crippen LogP contribution < -0.4 is 0 Å². The number of halogens is 1. The summed E-state index contributed by atoms with van der Waals surface area (Å²) in [5.41, 5.74) is 0.839. The molecule has 1 aliphatic rings. The minimum atomic E-state index is -0.394. The van der Waals surface area contributed by atoms with Gasteiger partial charge < -0.3 is 10.0 Å². The molecule has 2 unspecified atom stereocenters. The number of likely N-dealkylation sites (N-methyl/N-ethyl adjacent to an activating group) is 1. The summed E-state index contributed by atoms with van der Waals surface area (Å²) in [6, 6.07) is 7.34. The van der Waals surface area contributed by atoms with Gasteiger partial charge in [0.25, 0.3) is 0 Å². The van der Waals surface area contributed by atoms with E-state index in [-0.39, 0.29) is 11.9 Å². The van der Waals surface area contributed by atoms with Crippen LogP contribution >= 0.6 is 11.6 Å². The van der Waals surface area contributed by atoms with Gasteiger partial charge >= 0.3 is 0 Å². The van der Waals surface area contributed by atoms with Gasteiger partial charge in [0.1, 0.15) is 0 Å². The van der Waals surface area contributed by atoms with Crippen LogP contribution in [0.4, 0.5) is 0 Å². The molecule has 104 valence electrons. The maximum Gasteiger partial charge on any atom is 0.227 e. The van der Waals surface area contributed by atoms with E-state index in [9.17, 15) is 9.90 Å². The van der Waals surface area contributed by atoms with Gasteiger partial charge in [-0.1, -0.05) is 42.6 Å². The second-order valence-corrected chi connectivity index (χ2v) is 5.60. The van der Waals surface area contributed by atoms with Crippen LogP contribution in [0.15, 0.2) is 24.3 Å². The Balaban J connectivity index is 2.01. The van der Waals surface area contributed by atoms with Gasteiger partial charge in [-0.15, -0.1) is 0 Å². The smallest absolute Gasteiger partial charge is 0.227 e. The van der Waals surface area contributed by atoms with E-state index < -0.39 is 6.10 Å². The first-order valence-corrected chi connectivity index (χ1v) is 7.14. The van der Waals surface area contributed by atoms with Gasteiger partial charge in [0.05, 0.1) is 18.6 Å². The summed E-state index contributed by atoms with van der Waals surface area (Å²) in [7, 11) is 1.78. The molecule has 0 bridgehead atoms. The van der Waals surface area contributed by atoms with Crippen molar-refractivity contribution in [3.8, 4) is 0 Å². The van der Waals surface area contributed by atoms with Crippen LogP contribution in [-0.4, -0.2) is 35.1 Å². The number of carbonyl (C=O) groups is 1. The Morgan fingerprint density at radius 3 is 2.74 bits per heavy atom. The van der Waals surface area contributed by atoms with E-state index in [1.165, 1.54) is 0 Å². The molecule has 2 rings (SSSR count). The predicted molar refractivity (Wildman–Crippen MR) is 76.2 cm³/mol. The van der Waals surface area contributed by atoms with Crippen LogP contribution in [0.1, 0.15) is 31.2 Å². The van der Waals surface area contributed by atoms with E-state index in [1.807, 2.05) is 18.2 Å². The molecule has 0 aliphatic heterocycles. The Bertz CT molecular complexity index is 450. The van der Waals surface area contributed by atoms with Crippen molar-refractivity contribution < 1.29 is 9.90 Å². The van der Waals surface area contributed by atoms with E-state index in [4.69, 9.17) is 11.6 Å². The third kappa shape index (κ3) is 3.48. The predicted octanol–water partition coefficient (Wildman–Crippen LogP) is 2.64. The van der Waals surface area contributed by atoms with Crippen molar-refractivity contribution >= 4 is 17.5 Å². The second kappa shape index (κ2) is 6.40. The Hall–Kier alpha value is -1.06. The lowest BCUT2D eigenvalue weighted by molar-refractivity contribution is -0.134. The number of nitrogens with zero attached hydrogens (tertiary/aromatic N) is 1. The highest BCUT2D eigenvalue weighted by Crippen LogP contribution is 2.23. The van der Waals surface area contributed by atoms with Crippen molar-refractivity contribution in [3.63, 3.8) is 0 Å². The van der Waals surface area contributed by atoms with Crippen molar-refractivity contribution in [2.75, 3.05) is 7.05 Å². The first kappa shape index (κ1) is 14.4. The van der Waals surface area contributed by atoms with Gasteiger partial charge in [-0.3, -0.25) is 4.79 Å². The van der Waals surface area contributed by atoms with Gasteiger partial charge in [0, 0.05) is 12.1 Å². The minimum absolute atomic E-state index is 0.0130. The highest BCUT2D eigenvalue weighted by atomic mass is 35.5. The van der Waals surface area contributed by atoms with Crippen LogP contribution in [0.25, 0.3) is 0 Å². The summed E-state index contributed by atoms with van der Waals surface area (Å²) in [6.07, 6.45) is 3.68. The van der Waals surface area contributed by atoms with Gasteiger partial charge in [-0.2, -0.15) is 0 Å². The lowest BCUT2D eigenvalue weighted by Crippen LogP contribution is -2.46. The van der Waals surface area contributed by atoms with Crippen molar-refractivity contribution in [2.45, 2.75) is 44.2 Å². The first-order valence-electron chi connectivity index (χ1n) is 6.76. The summed E-state index contributed by atoms with van der Waals surface area (Å²) in [4.78, 5) is 14.0. The molecule has 0 saturated heterocycles. The highest BCUT2D eigenvalue weighted by molar-refractivity contribution is 6.31. The molecule has 2 atom stereocenters. The molecular weight excluding hydrogens is 262 g/mol. The number of hydrogen-bond acceptors (Lipinski definition) is 2. The molecule has 1 aromatic carbocycles. The molecular formula is C15H20ClNO2. The normalized spacial score (nSPS) is 23.1. The molecule has 1 aromatic rings. The van der Waals surface area contributed by atoms with Crippen LogP contribution in [-0.2, 0) is 11.2 Å². The average Bonchev–Trinajstić information content (AvgIpc) is 2.41. The highest BCUT2D eigenvalue weighted by Gasteiger charge is 2.29. The molecule has 3 nitrogen and oxygen atoms in total. The molecule has 0 radical (unpaired) electrons. The van der Waals surface area contributed by atoms with E-state index in [0.29, 0.717) is 11.4 Å². The van der Waals surface area contributed by atoms with E-state index in [1.54, 1.807) is 18.0 Å². The monoisotopic (exact) mass is 281 g/mol. The lowest BCUT2D eigenvalue weighted by atomic mass is 9.91. The van der Waals surface area contributed by atoms with Gasteiger partial charge in [0.15, 0.2) is 0 Å². The topological polar surface area (TPSA) is 40.5 Å². The fraction of sp³-hybridized carbons (Fsp3) is 0.533. The summed E-state index contributed by atoms with van der Waals surface area (Å²) in [6.45, 7) is 0. The van der Waals surface area contributed by atoms with E-state index in [2.05, 4.69) is 0 Å². The number of benzene rings is 1. The Morgan fingerprint density at radius 1 is 1.37 bits per heavy atom. The van der Waals surface area contributed by atoms with Gasteiger partial charge in [0.2, 0.25) is 5.91 Å². The molecule has 0 spiro atoms. The summed E-state index contributed by atoms with van der Waals surface area (Å²) >= 11 is 6.07. The molecule has 0 heterocycles. The maximum atomic E-state index is 12.3. The molecule has 0 aromatic heterocycles. The molecule has 1 saturated carbocycles. The molecule has 1 aliphatic carbocycles. The number of hydrogen-bond donors (Lipinski definition) is 1. The Labute approximate surface area is 119 Å². The van der Waals surface area contributed by atoms with Crippen molar-refractivity contribution in [2.24, 2.45) is 0 Å². The summed E-state index contributed by atoms with van der Waals surface area (Å²) in [5, 5.41) is 10.6. The largest absolute Gasteiger partial charge is 0.391 e. The third-order valence-electron chi connectivity index (χ3n) is 3.88. The quantitative estimate of drug-likeness (QED) is 0.925. The molecule has 1 amide bonds. The number of aliphatic hydroxyl groups is 1. The standard InChI is InChI=1S/C15H20ClNO2/c1-17(13-8-4-5-9-14(13)18)15(19)10-11-6-2-3-7-12(11)16/h2-3,6-7,13-14,18H,4-5,8-10H2,1H3. The van der Waals surface area contributed by atoms with Crippen LogP contribution in [0.2, 0.25) is 5.02 Å². The first-order chi connectivity index (χ1) is 9.09. The molecule has 19 heavy (non-hydrogen) atoms. The molecule has 1 N–H and O–H groups in total. The Morgan fingerprint density at radius 2 is 2.05 bits per heavy atom. The van der Waals surface area contributed by atoms with E-state index >= 15 is 0 Å². The van der Waals surface area contributed by atoms with Crippen molar-refractivity contribution in [1.82, 2.24) is 4.90 Å². The second-order valence-electron chi connectivity index (χ2n) is 5.19. The average molecular weight is 282 g/mol.